The average molecular weight is 274 g/mol. The van der Waals surface area contributed by atoms with Crippen LogP contribution in [0.25, 0.3) is 0 Å². The Kier molecular flexibility index (Phi) is 4.27. The molecule has 0 saturated heterocycles. The van der Waals surface area contributed by atoms with Crippen LogP contribution in [0.15, 0.2) is 42.5 Å². The first-order valence-electron chi connectivity index (χ1n) is 5.69. The Hall–Kier alpha value is -2.18. The standard InChI is InChI=1S/C15H12ClNO2/c1-18-13-7-5-11(6-8-13)10-19-15-12(9-17)3-2-4-14(15)16/h2-8H,10H2,1H3. The van der Waals surface area contributed by atoms with Crippen molar-refractivity contribution in [3.05, 3.63) is 58.6 Å². The third-order valence-corrected chi connectivity index (χ3v) is 2.93. The highest BCUT2D eigenvalue weighted by atomic mass is 35.5. The second-order valence-corrected chi connectivity index (χ2v) is 4.27. The van der Waals surface area contributed by atoms with Gasteiger partial charge in [0.25, 0.3) is 0 Å². The van der Waals surface area contributed by atoms with Crippen molar-refractivity contribution in [1.29, 1.82) is 5.26 Å². The monoisotopic (exact) mass is 273 g/mol. The van der Waals surface area contributed by atoms with Crippen LogP contribution in [0.4, 0.5) is 0 Å². The van der Waals surface area contributed by atoms with Gasteiger partial charge in [-0.25, -0.2) is 0 Å². The molecule has 0 radical (unpaired) electrons. The number of ether oxygens (including phenoxy) is 2. The summed E-state index contributed by atoms with van der Waals surface area (Å²) in [6, 6.07) is 14.7. The molecule has 0 aliphatic carbocycles. The summed E-state index contributed by atoms with van der Waals surface area (Å²) in [5.41, 5.74) is 1.41. The molecule has 0 atom stereocenters. The molecule has 0 unspecified atom stereocenters. The third kappa shape index (κ3) is 3.18. The van der Waals surface area contributed by atoms with Gasteiger partial charge < -0.3 is 9.47 Å². The fourth-order valence-corrected chi connectivity index (χ4v) is 1.85. The van der Waals surface area contributed by atoms with Crippen LogP contribution in [-0.4, -0.2) is 7.11 Å². The van der Waals surface area contributed by atoms with E-state index in [2.05, 4.69) is 6.07 Å². The molecule has 3 nitrogen and oxygen atoms in total. The van der Waals surface area contributed by atoms with E-state index in [9.17, 15) is 0 Å². The number of hydrogen-bond donors (Lipinski definition) is 0. The van der Waals surface area contributed by atoms with Crippen molar-refractivity contribution >= 4 is 11.6 Å². The Balaban J connectivity index is 2.12. The van der Waals surface area contributed by atoms with Crippen molar-refractivity contribution in [2.75, 3.05) is 7.11 Å². The second-order valence-electron chi connectivity index (χ2n) is 3.87. The first-order valence-corrected chi connectivity index (χ1v) is 6.06. The molecule has 0 heterocycles. The van der Waals surface area contributed by atoms with Gasteiger partial charge in [0, 0.05) is 0 Å². The van der Waals surface area contributed by atoms with Gasteiger partial charge in [0.15, 0.2) is 5.75 Å². The summed E-state index contributed by atoms with van der Waals surface area (Å²) in [6.45, 7) is 0.350. The van der Waals surface area contributed by atoms with Crippen molar-refractivity contribution in [2.24, 2.45) is 0 Å². The van der Waals surface area contributed by atoms with Gasteiger partial charge >= 0.3 is 0 Å². The number of hydrogen-bond acceptors (Lipinski definition) is 3. The molecule has 2 rings (SSSR count). The molecule has 96 valence electrons. The molecule has 19 heavy (non-hydrogen) atoms. The number of nitrogens with zero attached hydrogens (tertiary/aromatic N) is 1. The molecule has 0 saturated carbocycles. The minimum Gasteiger partial charge on any atom is -0.497 e. The largest absolute Gasteiger partial charge is 0.497 e. The van der Waals surface area contributed by atoms with E-state index >= 15 is 0 Å². The third-order valence-electron chi connectivity index (χ3n) is 2.63. The van der Waals surface area contributed by atoms with E-state index in [1.165, 1.54) is 0 Å². The molecule has 0 N–H and O–H groups in total. The van der Waals surface area contributed by atoms with Crippen LogP contribution in [0, 0.1) is 11.3 Å². The van der Waals surface area contributed by atoms with Gasteiger partial charge in [-0.1, -0.05) is 29.8 Å². The first kappa shape index (κ1) is 13.3. The number of nitriles is 1. The van der Waals surface area contributed by atoms with Crippen LogP contribution in [-0.2, 0) is 6.61 Å². The van der Waals surface area contributed by atoms with Gasteiger partial charge in [-0.05, 0) is 29.8 Å². The van der Waals surface area contributed by atoms with E-state index in [-0.39, 0.29) is 0 Å². The molecule has 4 heteroatoms. The number of rotatable bonds is 4. The lowest BCUT2D eigenvalue weighted by Gasteiger charge is -2.10. The lowest BCUT2D eigenvalue weighted by atomic mass is 10.2. The summed E-state index contributed by atoms with van der Waals surface area (Å²) >= 11 is 6.03. The summed E-state index contributed by atoms with van der Waals surface area (Å²) in [5, 5.41) is 9.44. The Morgan fingerprint density at radius 2 is 1.89 bits per heavy atom. The SMILES string of the molecule is COc1ccc(COc2c(Cl)cccc2C#N)cc1. The maximum atomic E-state index is 9.00. The highest BCUT2D eigenvalue weighted by molar-refractivity contribution is 6.32. The van der Waals surface area contributed by atoms with Crippen molar-refractivity contribution in [3.63, 3.8) is 0 Å². The Bertz CT molecular complexity index is 603. The number of para-hydroxylation sites is 1. The summed E-state index contributed by atoms with van der Waals surface area (Å²) in [5.74, 6) is 1.21. The van der Waals surface area contributed by atoms with Gasteiger partial charge in [0.05, 0.1) is 17.7 Å². The number of benzene rings is 2. The maximum Gasteiger partial charge on any atom is 0.156 e. The highest BCUT2D eigenvalue weighted by Crippen LogP contribution is 2.28. The predicted octanol–water partition coefficient (Wildman–Crippen LogP) is 3.80. The molecular formula is C15H12ClNO2. The summed E-state index contributed by atoms with van der Waals surface area (Å²) in [6.07, 6.45) is 0. The highest BCUT2D eigenvalue weighted by Gasteiger charge is 2.08. The second kappa shape index (κ2) is 6.12. The minimum absolute atomic E-state index is 0.350. The van der Waals surface area contributed by atoms with Crippen LogP contribution in [0.5, 0.6) is 11.5 Å². The van der Waals surface area contributed by atoms with Gasteiger partial charge in [-0.15, -0.1) is 0 Å². The van der Waals surface area contributed by atoms with Gasteiger partial charge in [0.1, 0.15) is 18.4 Å². The van der Waals surface area contributed by atoms with E-state index in [1.54, 1.807) is 25.3 Å². The van der Waals surface area contributed by atoms with Gasteiger partial charge in [-0.2, -0.15) is 5.26 Å². The molecule has 2 aromatic carbocycles. The fourth-order valence-electron chi connectivity index (χ4n) is 1.62. The molecule has 0 bridgehead atoms. The lowest BCUT2D eigenvalue weighted by molar-refractivity contribution is 0.305. The van der Waals surface area contributed by atoms with Crippen molar-refractivity contribution in [2.45, 2.75) is 6.61 Å². The van der Waals surface area contributed by atoms with E-state index in [0.29, 0.717) is 22.9 Å². The molecule has 0 aliphatic heterocycles. The quantitative estimate of drug-likeness (QED) is 0.851. The molecular weight excluding hydrogens is 262 g/mol. The molecule has 0 aromatic heterocycles. The number of halogens is 1. The van der Waals surface area contributed by atoms with Crippen LogP contribution in [0.1, 0.15) is 11.1 Å². The Labute approximate surface area is 117 Å². The Morgan fingerprint density at radius 1 is 1.16 bits per heavy atom. The predicted molar refractivity (Wildman–Crippen MR) is 73.5 cm³/mol. The van der Waals surface area contributed by atoms with Crippen LogP contribution >= 0.6 is 11.6 Å². The first-order chi connectivity index (χ1) is 9.24. The normalized spacial score (nSPS) is 9.74. The van der Waals surface area contributed by atoms with E-state index in [0.717, 1.165) is 11.3 Å². The summed E-state index contributed by atoms with van der Waals surface area (Å²) < 4.78 is 10.7. The minimum atomic E-state index is 0.350. The van der Waals surface area contributed by atoms with Gasteiger partial charge in [-0.3, -0.25) is 0 Å². The van der Waals surface area contributed by atoms with E-state index in [4.69, 9.17) is 26.3 Å². The zero-order chi connectivity index (χ0) is 13.7. The van der Waals surface area contributed by atoms with Crippen LogP contribution in [0.3, 0.4) is 0 Å². The molecule has 0 amide bonds. The average Bonchev–Trinajstić information content (AvgIpc) is 2.46. The molecule has 0 aliphatic rings. The Morgan fingerprint density at radius 3 is 2.53 bits per heavy atom. The maximum absolute atomic E-state index is 9.00. The fraction of sp³-hybridized carbons (Fsp3) is 0.133. The zero-order valence-corrected chi connectivity index (χ0v) is 11.1. The van der Waals surface area contributed by atoms with Crippen molar-refractivity contribution in [1.82, 2.24) is 0 Å². The van der Waals surface area contributed by atoms with Crippen LogP contribution in [0.2, 0.25) is 5.02 Å². The van der Waals surface area contributed by atoms with Crippen molar-refractivity contribution in [3.8, 4) is 17.6 Å². The molecule has 0 spiro atoms. The molecule has 0 fully saturated rings. The van der Waals surface area contributed by atoms with Crippen LogP contribution < -0.4 is 9.47 Å². The summed E-state index contributed by atoms with van der Waals surface area (Å²) in [7, 11) is 1.62. The van der Waals surface area contributed by atoms with Crippen molar-refractivity contribution < 1.29 is 9.47 Å². The topological polar surface area (TPSA) is 42.2 Å². The smallest absolute Gasteiger partial charge is 0.156 e. The van der Waals surface area contributed by atoms with E-state index in [1.807, 2.05) is 24.3 Å². The van der Waals surface area contributed by atoms with E-state index < -0.39 is 0 Å². The summed E-state index contributed by atoms with van der Waals surface area (Å²) in [4.78, 5) is 0. The lowest BCUT2D eigenvalue weighted by Crippen LogP contribution is -1.98. The molecule has 2 aromatic rings. The van der Waals surface area contributed by atoms with Gasteiger partial charge in [0.2, 0.25) is 0 Å². The zero-order valence-electron chi connectivity index (χ0n) is 10.4. The number of methoxy groups -OCH3 is 1.